The van der Waals surface area contributed by atoms with Crippen molar-refractivity contribution < 1.29 is 9.59 Å². The monoisotopic (exact) mass is 364 g/mol. The van der Waals surface area contributed by atoms with E-state index in [1.54, 1.807) is 0 Å². The zero-order valence-electron chi connectivity index (χ0n) is 16.5. The minimum atomic E-state index is -0.517. The molecule has 0 aromatic carbocycles. The third-order valence-corrected chi connectivity index (χ3v) is 4.70. The van der Waals surface area contributed by atoms with Crippen molar-refractivity contribution in [1.82, 2.24) is 25.2 Å². The van der Waals surface area contributed by atoms with E-state index in [1.165, 1.54) is 6.92 Å². The highest BCUT2D eigenvalue weighted by molar-refractivity contribution is 5.86. The molecule has 1 saturated heterocycles. The van der Waals surface area contributed by atoms with E-state index in [0.29, 0.717) is 25.4 Å². The fourth-order valence-corrected chi connectivity index (χ4v) is 3.26. The molecule has 1 aliphatic heterocycles. The summed E-state index contributed by atoms with van der Waals surface area (Å²) in [6.07, 6.45) is 4.18. The Labute approximate surface area is 155 Å². The second kappa shape index (κ2) is 8.16. The van der Waals surface area contributed by atoms with Gasteiger partial charge in [0, 0.05) is 20.0 Å². The topological polar surface area (TPSA) is 106 Å². The zero-order chi connectivity index (χ0) is 19.5. The number of nitrogens with one attached hydrogen (secondary N) is 1. The molecule has 146 valence electrons. The lowest BCUT2D eigenvalue weighted by molar-refractivity contribution is -0.137. The normalized spacial score (nSPS) is 17.4. The fraction of sp³-hybridized carbons (Fsp3) is 0.778. The van der Waals surface area contributed by atoms with Gasteiger partial charge in [-0.05, 0) is 39.0 Å². The molecule has 2 rings (SSSR count). The molecule has 0 unspecified atom stereocenters. The average Bonchev–Trinajstić information content (AvgIpc) is 3.03. The Morgan fingerprint density at radius 1 is 1.35 bits per heavy atom. The van der Waals surface area contributed by atoms with Crippen molar-refractivity contribution in [1.29, 1.82) is 0 Å². The molecule has 0 radical (unpaired) electrons. The molecule has 3 N–H and O–H groups in total. The Morgan fingerprint density at radius 3 is 2.42 bits per heavy atom. The predicted molar refractivity (Wildman–Crippen MR) is 99.1 cm³/mol. The molecule has 0 spiro atoms. The van der Waals surface area contributed by atoms with Crippen LogP contribution in [0.3, 0.4) is 0 Å². The van der Waals surface area contributed by atoms with E-state index in [9.17, 15) is 9.59 Å². The van der Waals surface area contributed by atoms with E-state index < -0.39 is 11.6 Å². The number of piperidine rings is 1. The molecule has 8 heteroatoms. The Hall–Kier alpha value is -1.96. The summed E-state index contributed by atoms with van der Waals surface area (Å²) in [4.78, 5) is 26.1. The highest BCUT2D eigenvalue weighted by Crippen LogP contribution is 2.24. The van der Waals surface area contributed by atoms with Crippen LogP contribution in [0.1, 0.15) is 65.6 Å². The summed E-state index contributed by atoms with van der Waals surface area (Å²) in [6.45, 7) is 10.7. The van der Waals surface area contributed by atoms with Gasteiger partial charge in [-0.15, -0.1) is 5.10 Å². The van der Waals surface area contributed by atoms with E-state index in [-0.39, 0.29) is 17.9 Å². The number of likely N-dealkylation sites (tertiary alicyclic amines) is 1. The molecule has 0 aliphatic carbocycles. The molecule has 0 bridgehead atoms. The first-order valence-corrected chi connectivity index (χ1v) is 9.35. The lowest BCUT2D eigenvalue weighted by Crippen LogP contribution is -2.51. The van der Waals surface area contributed by atoms with E-state index in [2.05, 4.69) is 29.5 Å². The van der Waals surface area contributed by atoms with Crippen LogP contribution in [0.2, 0.25) is 0 Å². The molecule has 8 nitrogen and oxygen atoms in total. The van der Waals surface area contributed by atoms with Gasteiger partial charge in [0.05, 0.1) is 17.8 Å². The first kappa shape index (κ1) is 20.4. The highest BCUT2D eigenvalue weighted by atomic mass is 16.2. The van der Waals surface area contributed by atoms with Crippen molar-refractivity contribution in [3.8, 4) is 0 Å². The molecule has 2 amide bonds. The third kappa shape index (κ3) is 5.27. The molecule has 2 heterocycles. The van der Waals surface area contributed by atoms with Crippen molar-refractivity contribution in [3.05, 3.63) is 11.9 Å². The van der Waals surface area contributed by atoms with Crippen molar-refractivity contribution in [2.24, 2.45) is 11.7 Å². The number of hydrogen-bond acceptors (Lipinski definition) is 5. The van der Waals surface area contributed by atoms with Gasteiger partial charge in [0.2, 0.25) is 11.8 Å². The standard InChI is InChI=1S/C18H32N6O2/c1-12(2)10-15(20-13(3)25)17(26)23-8-6-14(7-9-23)24-11-16(21-22-24)18(4,5)19/h11-12,14-15H,6-10,19H2,1-5H3,(H,20,25)/t15-/m0/s1. The van der Waals surface area contributed by atoms with E-state index in [4.69, 9.17) is 5.73 Å². The summed E-state index contributed by atoms with van der Waals surface area (Å²) in [6, 6.07) is -0.230. The van der Waals surface area contributed by atoms with Crippen LogP contribution in [-0.2, 0) is 15.1 Å². The molecule has 1 aliphatic rings. The average molecular weight is 364 g/mol. The third-order valence-electron chi connectivity index (χ3n) is 4.70. The Morgan fingerprint density at radius 2 is 1.96 bits per heavy atom. The number of aromatic nitrogens is 3. The number of hydrogen-bond donors (Lipinski definition) is 2. The number of amides is 2. The number of nitrogens with zero attached hydrogens (tertiary/aromatic N) is 4. The van der Waals surface area contributed by atoms with Crippen LogP contribution in [0.25, 0.3) is 0 Å². The molecular weight excluding hydrogens is 332 g/mol. The minimum Gasteiger partial charge on any atom is -0.345 e. The minimum absolute atomic E-state index is 0.00900. The number of rotatable bonds is 6. The molecule has 1 aromatic rings. The quantitative estimate of drug-likeness (QED) is 0.788. The Balaban J connectivity index is 1.97. The van der Waals surface area contributed by atoms with Gasteiger partial charge in [-0.2, -0.15) is 0 Å². The second-order valence-corrected chi connectivity index (χ2v) is 8.24. The largest absolute Gasteiger partial charge is 0.345 e. The molecule has 0 saturated carbocycles. The van der Waals surface area contributed by atoms with Crippen molar-refractivity contribution in [3.63, 3.8) is 0 Å². The molecule has 26 heavy (non-hydrogen) atoms. The maximum absolute atomic E-state index is 12.8. The zero-order valence-corrected chi connectivity index (χ0v) is 16.5. The first-order valence-electron chi connectivity index (χ1n) is 9.35. The Bertz CT molecular complexity index is 626. The van der Waals surface area contributed by atoms with Crippen molar-refractivity contribution >= 4 is 11.8 Å². The highest BCUT2D eigenvalue weighted by Gasteiger charge is 2.30. The van der Waals surface area contributed by atoms with Crippen molar-refractivity contribution in [2.75, 3.05) is 13.1 Å². The summed E-state index contributed by atoms with van der Waals surface area (Å²) < 4.78 is 1.87. The van der Waals surface area contributed by atoms with Crippen LogP contribution in [0.5, 0.6) is 0 Å². The van der Waals surface area contributed by atoms with E-state index in [0.717, 1.165) is 18.5 Å². The predicted octanol–water partition coefficient (Wildman–Crippen LogP) is 1.19. The summed E-state index contributed by atoms with van der Waals surface area (Å²) in [7, 11) is 0. The summed E-state index contributed by atoms with van der Waals surface area (Å²) >= 11 is 0. The maximum atomic E-state index is 12.8. The van der Waals surface area contributed by atoms with E-state index in [1.807, 2.05) is 29.6 Å². The molecule has 1 fully saturated rings. The maximum Gasteiger partial charge on any atom is 0.245 e. The van der Waals surface area contributed by atoms with Crippen LogP contribution < -0.4 is 11.1 Å². The number of nitrogens with two attached hydrogens (primary N) is 1. The second-order valence-electron chi connectivity index (χ2n) is 8.24. The van der Waals surface area contributed by atoms with Gasteiger partial charge in [-0.3, -0.25) is 9.59 Å². The molecule has 1 aromatic heterocycles. The van der Waals surface area contributed by atoms with Gasteiger partial charge in [0.25, 0.3) is 0 Å². The molecule has 1 atom stereocenters. The van der Waals surface area contributed by atoms with Gasteiger partial charge >= 0.3 is 0 Å². The van der Waals surface area contributed by atoms with Crippen LogP contribution in [0, 0.1) is 5.92 Å². The smallest absolute Gasteiger partial charge is 0.245 e. The Kier molecular flexibility index (Phi) is 6.39. The van der Waals surface area contributed by atoms with Gasteiger partial charge < -0.3 is 16.0 Å². The fourth-order valence-electron chi connectivity index (χ4n) is 3.26. The lowest BCUT2D eigenvalue weighted by Gasteiger charge is -2.34. The SMILES string of the molecule is CC(=O)N[C@@H](CC(C)C)C(=O)N1CCC(n2cc(C(C)(C)N)nn2)CC1. The van der Waals surface area contributed by atoms with Gasteiger partial charge in [0.1, 0.15) is 11.7 Å². The molecular formula is C18H32N6O2. The summed E-state index contributed by atoms with van der Waals surface area (Å²) in [5, 5.41) is 11.2. The van der Waals surface area contributed by atoms with E-state index >= 15 is 0 Å². The van der Waals surface area contributed by atoms with Crippen LogP contribution in [-0.4, -0.2) is 50.8 Å². The van der Waals surface area contributed by atoms with Crippen LogP contribution in [0.4, 0.5) is 0 Å². The first-order chi connectivity index (χ1) is 12.1. The van der Waals surface area contributed by atoms with Gasteiger partial charge in [0.15, 0.2) is 0 Å². The number of carbonyl (C=O) groups is 2. The van der Waals surface area contributed by atoms with Crippen molar-refractivity contribution in [2.45, 2.75) is 71.5 Å². The number of carbonyl (C=O) groups excluding carboxylic acids is 2. The van der Waals surface area contributed by atoms with Gasteiger partial charge in [-0.1, -0.05) is 19.1 Å². The van der Waals surface area contributed by atoms with Crippen LogP contribution in [0.15, 0.2) is 6.20 Å². The summed E-state index contributed by atoms with van der Waals surface area (Å²) in [5.41, 5.74) is 6.32. The lowest BCUT2D eigenvalue weighted by atomic mass is 9.99. The van der Waals surface area contributed by atoms with Crippen LogP contribution >= 0.6 is 0 Å². The summed E-state index contributed by atoms with van der Waals surface area (Å²) in [5.74, 6) is 0.176. The van der Waals surface area contributed by atoms with Gasteiger partial charge in [-0.25, -0.2) is 4.68 Å².